The van der Waals surface area contributed by atoms with E-state index in [0.29, 0.717) is 0 Å². The molecule has 0 radical (unpaired) electrons. The van der Waals surface area contributed by atoms with Gasteiger partial charge in [-0.3, -0.25) is 0 Å². The Morgan fingerprint density at radius 2 is 0.703 bits per heavy atom. The van der Waals surface area contributed by atoms with Crippen LogP contribution >= 0.6 is 0 Å². The lowest BCUT2D eigenvalue weighted by molar-refractivity contribution is 0.660. The second-order valence-corrected chi connectivity index (χ2v) is 19.5. The van der Waals surface area contributed by atoms with Gasteiger partial charge in [0.15, 0.2) is 0 Å². The van der Waals surface area contributed by atoms with Crippen LogP contribution in [-0.2, 0) is 10.8 Å². The molecule has 0 fully saturated rings. The molecule has 0 nitrogen and oxygen atoms in total. The van der Waals surface area contributed by atoms with Gasteiger partial charge in [0, 0.05) is 10.8 Å². The van der Waals surface area contributed by atoms with Crippen molar-refractivity contribution in [3.63, 3.8) is 0 Å². The molecule has 0 heterocycles. The molecule has 2 aliphatic rings. The van der Waals surface area contributed by atoms with Gasteiger partial charge in [-0.25, -0.2) is 0 Å². The fraction of sp³-hybridized carbons (Fsp3) is 0.0938. The van der Waals surface area contributed by atoms with Gasteiger partial charge in [-0.2, -0.15) is 0 Å². The summed E-state index contributed by atoms with van der Waals surface area (Å²) in [7, 11) is 0. The fourth-order valence-corrected chi connectivity index (χ4v) is 12.6. The van der Waals surface area contributed by atoms with Crippen LogP contribution in [0.3, 0.4) is 0 Å². The molecule has 0 N–H and O–H groups in total. The van der Waals surface area contributed by atoms with Crippen molar-refractivity contribution in [1.82, 2.24) is 0 Å². The molecule has 0 amide bonds. The molecule has 0 aliphatic heterocycles. The maximum absolute atomic E-state index is 2.52. The lowest BCUT2D eigenvalue weighted by Crippen LogP contribution is -2.14. The van der Waals surface area contributed by atoms with Gasteiger partial charge in [-0.1, -0.05) is 210 Å². The van der Waals surface area contributed by atoms with E-state index in [4.69, 9.17) is 0 Å². The van der Waals surface area contributed by atoms with Gasteiger partial charge in [0.05, 0.1) is 0 Å². The van der Waals surface area contributed by atoms with Crippen molar-refractivity contribution in [3.8, 4) is 55.6 Å². The summed E-state index contributed by atoms with van der Waals surface area (Å²) in [5.41, 5.74) is 18.4. The summed E-state index contributed by atoms with van der Waals surface area (Å²) >= 11 is 0. The highest BCUT2D eigenvalue weighted by atomic mass is 14.4. The quantitative estimate of drug-likeness (QED) is 0.123. The van der Waals surface area contributed by atoms with Crippen molar-refractivity contribution in [2.75, 3.05) is 0 Å². The Balaban J connectivity index is 1.11. The molecule has 12 aromatic rings. The SMILES string of the molecule is CC1(C)c2ccccc2-c2ccc(-c3ccc4c(-c5ccc6c7cccc8cccc(c9cccc5c96)c87)c5ccccc5c(-c5cccc6c5-c5ccccc5C6(C)C)c4c3)cc21. The maximum atomic E-state index is 2.52. The molecule has 0 saturated carbocycles. The average Bonchev–Trinajstić information content (AvgIpc) is 3.71. The van der Waals surface area contributed by atoms with Gasteiger partial charge < -0.3 is 0 Å². The Morgan fingerprint density at radius 3 is 1.47 bits per heavy atom. The molecule has 0 heteroatoms. The number of fused-ring (bicyclic) bond motifs is 10. The van der Waals surface area contributed by atoms with Crippen molar-refractivity contribution < 1.29 is 0 Å². The van der Waals surface area contributed by atoms with Crippen molar-refractivity contribution in [1.29, 1.82) is 0 Å². The maximum Gasteiger partial charge on any atom is 0.0159 e. The topological polar surface area (TPSA) is 0 Å². The molecular formula is C64H44. The van der Waals surface area contributed by atoms with E-state index in [0.717, 1.165) is 0 Å². The zero-order chi connectivity index (χ0) is 42.6. The summed E-state index contributed by atoms with van der Waals surface area (Å²) < 4.78 is 0. The standard InChI is InChI=1S/C64H44/c1-63(2)55-27-10-8-20-51(55)62-52(25-14-28-56(62)63)61-45-19-6-5-18-44(45)60(49-34-33-48-43-22-12-16-37-15-11-21-42(58(37)43)46-23-13-24-47(49)59(46)48)50-32-30-38(35-53(50)61)39-29-31-41-40-17-7-9-26-54(40)64(3,4)57(41)36-39/h5-36H,1-4H3. The smallest absolute Gasteiger partial charge is 0.0159 e. The van der Waals surface area contributed by atoms with Gasteiger partial charge in [-0.15, -0.1) is 0 Å². The highest BCUT2D eigenvalue weighted by Crippen LogP contribution is 2.56. The van der Waals surface area contributed by atoms with Gasteiger partial charge in [0.2, 0.25) is 0 Å². The van der Waals surface area contributed by atoms with Crippen LogP contribution in [0.15, 0.2) is 194 Å². The number of rotatable bonds is 3. The molecule has 0 spiro atoms. The minimum Gasteiger partial charge on any atom is -0.0619 e. The zero-order valence-electron chi connectivity index (χ0n) is 36.5. The molecule has 0 aromatic heterocycles. The first kappa shape index (κ1) is 36.0. The number of hydrogen-bond acceptors (Lipinski definition) is 0. The Hall–Kier alpha value is -7.54. The molecule has 0 saturated heterocycles. The summed E-state index contributed by atoms with van der Waals surface area (Å²) in [6.45, 7) is 9.55. The monoisotopic (exact) mass is 812 g/mol. The van der Waals surface area contributed by atoms with E-state index in [1.165, 1.54) is 143 Å². The summed E-state index contributed by atoms with van der Waals surface area (Å²) in [6, 6.07) is 74.2. The first-order valence-corrected chi connectivity index (χ1v) is 22.8. The Bertz CT molecular complexity index is 3950. The van der Waals surface area contributed by atoms with E-state index in [1.54, 1.807) is 0 Å². The summed E-state index contributed by atoms with van der Waals surface area (Å²) in [4.78, 5) is 0. The first-order chi connectivity index (χ1) is 31.3. The van der Waals surface area contributed by atoms with Crippen LogP contribution in [0.2, 0.25) is 0 Å². The lowest BCUT2D eigenvalue weighted by Gasteiger charge is -2.24. The third-order valence-electron chi connectivity index (χ3n) is 15.6. The third kappa shape index (κ3) is 4.57. The highest BCUT2D eigenvalue weighted by molar-refractivity contribution is 6.35. The molecule has 14 rings (SSSR count). The van der Waals surface area contributed by atoms with Crippen LogP contribution in [0.5, 0.6) is 0 Å². The van der Waals surface area contributed by atoms with Crippen molar-refractivity contribution >= 4 is 64.6 Å². The second kappa shape index (κ2) is 12.6. The van der Waals surface area contributed by atoms with Crippen LogP contribution in [0.1, 0.15) is 49.9 Å². The van der Waals surface area contributed by atoms with Crippen LogP contribution in [0.25, 0.3) is 120 Å². The van der Waals surface area contributed by atoms with E-state index in [9.17, 15) is 0 Å². The predicted octanol–water partition coefficient (Wildman–Crippen LogP) is 17.7. The summed E-state index contributed by atoms with van der Waals surface area (Å²) in [6.07, 6.45) is 0. The van der Waals surface area contributed by atoms with Gasteiger partial charge in [0.1, 0.15) is 0 Å². The van der Waals surface area contributed by atoms with E-state index in [2.05, 4.69) is 222 Å². The summed E-state index contributed by atoms with van der Waals surface area (Å²) in [5, 5.41) is 15.6. The normalized spacial score (nSPS) is 14.5. The Morgan fingerprint density at radius 1 is 0.250 bits per heavy atom. The van der Waals surface area contributed by atoms with Crippen LogP contribution < -0.4 is 0 Å². The fourth-order valence-electron chi connectivity index (χ4n) is 12.6. The average molecular weight is 813 g/mol. The molecule has 0 bridgehead atoms. The van der Waals surface area contributed by atoms with Crippen molar-refractivity contribution in [3.05, 3.63) is 216 Å². The number of benzene rings is 12. The molecule has 0 unspecified atom stereocenters. The molecule has 0 atom stereocenters. The molecule has 2 aliphatic carbocycles. The third-order valence-corrected chi connectivity index (χ3v) is 15.6. The van der Waals surface area contributed by atoms with Crippen LogP contribution in [0.4, 0.5) is 0 Å². The van der Waals surface area contributed by atoms with Crippen LogP contribution in [-0.4, -0.2) is 0 Å². The van der Waals surface area contributed by atoms with E-state index >= 15 is 0 Å². The molecule has 12 aromatic carbocycles. The molecule has 64 heavy (non-hydrogen) atoms. The predicted molar refractivity (Wildman–Crippen MR) is 274 cm³/mol. The lowest BCUT2D eigenvalue weighted by atomic mass is 9.79. The highest BCUT2D eigenvalue weighted by Gasteiger charge is 2.38. The summed E-state index contributed by atoms with van der Waals surface area (Å²) in [5.74, 6) is 0. The molecular weight excluding hydrogens is 769 g/mol. The molecule has 300 valence electrons. The van der Waals surface area contributed by atoms with Gasteiger partial charge in [0.25, 0.3) is 0 Å². The van der Waals surface area contributed by atoms with Crippen molar-refractivity contribution in [2.45, 2.75) is 38.5 Å². The van der Waals surface area contributed by atoms with E-state index < -0.39 is 0 Å². The second-order valence-electron chi connectivity index (χ2n) is 19.5. The van der Waals surface area contributed by atoms with Crippen molar-refractivity contribution in [2.24, 2.45) is 0 Å². The largest absolute Gasteiger partial charge is 0.0619 e. The minimum atomic E-state index is -0.111. The van der Waals surface area contributed by atoms with E-state index in [1.807, 2.05) is 0 Å². The van der Waals surface area contributed by atoms with Crippen LogP contribution in [0, 0.1) is 0 Å². The van der Waals surface area contributed by atoms with Gasteiger partial charge in [-0.05, 0) is 155 Å². The number of hydrogen-bond donors (Lipinski definition) is 0. The first-order valence-electron chi connectivity index (χ1n) is 22.8. The Kier molecular flexibility index (Phi) is 7.06. The van der Waals surface area contributed by atoms with E-state index in [-0.39, 0.29) is 10.8 Å². The minimum absolute atomic E-state index is 0.0845. The Labute approximate surface area is 373 Å². The van der Waals surface area contributed by atoms with Gasteiger partial charge >= 0.3 is 0 Å². The zero-order valence-corrected chi connectivity index (χ0v) is 36.5.